The molecule has 0 saturated heterocycles. The zero-order valence-electron chi connectivity index (χ0n) is 12.4. The third kappa shape index (κ3) is 1.94. The summed E-state index contributed by atoms with van der Waals surface area (Å²) in [7, 11) is 0.974. The molecule has 0 fully saturated rings. The minimum atomic E-state index is -2.81. The molecule has 0 aromatic heterocycles. The van der Waals surface area contributed by atoms with Gasteiger partial charge in [0.1, 0.15) is 11.3 Å². The van der Waals surface area contributed by atoms with Crippen LogP contribution in [0.5, 0.6) is 23.0 Å². The molecular weight excluding hydrogens is 320 g/mol. The molecule has 0 radical (unpaired) electrons. The van der Waals surface area contributed by atoms with Crippen LogP contribution in [0.1, 0.15) is 11.1 Å². The van der Waals surface area contributed by atoms with Crippen molar-refractivity contribution in [1.82, 2.24) is 0 Å². The molecule has 2 aromatic carbocycles. The van der Waals surface area contributed by atoms with Crippen molar-refractivity contribution in [3.63, 3.8) is 0 Å². The molecule has 0 spiro atoms. The number of fused-ring (bicyclic) bond motifs is 1. The van der Waals surface area contributed by atoms with E-state index >= 15 is 0 Å². The number of hydrogen-bond donors (Lipinski definition) is 5. The zero-order valence-corrected chi connectivity index (χ0v) is 12.4. The Balaban J connectivity index is 2.31. The highest BCUT2D eigenvalue weighted by Gasteiger charge is 2.60. The second-order valence-electron chi connectivity index (χ2n) is 5.26. The summed E-state index contributed by atoms with van der Waals surface area (Å²) in [6, 6.07) is 8.34. The molecule has 2 aromatic rings. The van der Waals surface area contributed by atoms with Crippen LogP contribution in [0.4, 0.5) is 0 Å². The first-order chi connectivity index (χ1) is 11.3. The molecule has 3 rings (SSSR count). The quantitative estimate of drug-likeness (QED) is 0.393. The predicted octanol–water partition coefficient (Wildman–Crippen LogP) is 0.402. The fourth-order valence-electron chi connectivity index (χ4n) is 2.63. The van der Waals surface area contributed by atoms with E-state index in [1.54, 1.807) is 6.07 Å². The summed E-state index contributed by atoms with van der Waals surface area (Å²) in [5.74, 6) is -9.93. The van der Waals surface area contributed by atoms with Crippen molar-refractivity contribution in [3.05, 3.63) is 47.5 Å². The highest BCUT2D eigenvalue weighted by atomic mass is 16.7. The third-order valence-corrected chi connectivity index (χ3v) is 3.89. The number of aliphatic hydroxyl groups is 2. The van der Waals surface area contributed by atoms with Gasteiger partial charge < -0.3 is 35.0 Å². The first-order valence-corrected chi connectivity index (χ1v) is 6.83. The van der Waals surface area contributed by atoms with Crippen molar-refractivity contribution < 1.29 is 39.8 Å². The van der Waals surface area contributed by atoms with Gasteiger partial charge in [0.2, 0.25) is 5.75 Å². The second-order valence-corrected chi connectivity index (χ2v) is 5.26. The van der Waals surface area contributed by atoms with Crippen molar-refractivity contribution >= 4 is 5.78 Å². The van der Waals surface area contributed by atoms with Crippen LogP contribution >= 0.6 is 0 Å². The van der Waals surface area contributed by atoms with Gasteiger partial charge in [0.25, 0.3) is 11.6 Å². The first kappa shape index (κ1) is 16.1. The molecule has 0 amide bonds. The Bertz CT molecular complexity index is 819. The van der Waals surface area contributed by atoms with E-state index in [-0.39, 0.29) is 5.56 Å². The van der Waals surface area contributed by atoms with E-state index in [2.05, 4.69) is 0 Å². The summed E-state index contributed by atoms with van der Waals surface area (Å²) < 4.78 is 10.1. The van der Waals surface area contributed by atoms with Crippen molar-refractivity contribution in [2.75, 3.05) is 7.11 Å². The molecule has 0 bridgehead atoms. The highest BCUT2D eigenvalue weighted by molar-refractivity contribution is 5.97. The van der Waals surface area contributed by atoms with Gasteiger partial charge in [0, 0.05) is 18.7 Å². The van der Waals surface area contributed by atoms with Gasteiger partial charge in [-0.3, -0.25) is 4.79 Å². The molecule has 0 aliphatic carbocycles. The van der Waals surface area contributed by atoms with Crippen LogP contribution in [0.3, 0.4) is 0 Å². The molecule has 5 N–H and O–H groups in total. The standard InChI is InChI=1S/C16H14O8/c1-23-16(22)11-10(7-9(17)12(18)13(11)19)24-15(21,14(16)20)8-5-3-2-4-6-8/h2-7,17-19,21-22H,1H3. The van der Waals surface area contributed by atoms with Gasteiger partial charge in [0.15, 0.2) is 11.5 Å². The number of carbonyl (C=O) groups excluding carboxylic acids is 1. The summed E-state index contributed by atoms with van der Waals surface area (Å²) in [5, 5.41) is 50.6. The number of ether oxygens (including phenoxy) is 2. The molecule has 2 atom stereocenters. The SMILES string of the molecule is COC1(O)C(=O)C(O)(c2ccccc2)Oc2cc(O)c(O)c(O)c21. The van der Waals surface area contributed by atoms with E-state index in [1.807, 2.05) is 0 Å². The zero-order chi connectivity index (χ0) is 17.7. The third-order valence-electron chi connectivity index (χ3n) is 3.89. The lowest BCUT2D eigenvalue weighted by molar-refractivity contribution is -0.251. The summed E-state index contributed by atoms with van der Waals surface area (Å²) in [4.78, 5) is 12.7. The molecule has 8 heteroatoms. The van der Waals surface area contributed by atoms with Gasteiger partial charge in [-0.1, -0.05) is 30.3 Å². The Morgan fingerprint density at radius 1 is 1.04 bits per heavy atom. The Hall–Kier alpha value is -2.81. The van der Waals surface area contributed by atoms with E-state index in [1.165, 1.54) is 24.3 Å². The van der Waals surface area contributed by atoms with Crippen molar-refractivity contribution in [2.45, 2.75) is 11.6 Å². The number of methoxy groups -OCH3 is 1. The number of carbonyl (C=O) groups is 1. The summed E-state index contributed by atoms with van der Waals surface area (Å²) in [6.07, 6.45) is 0. The number of phenolic OH excluding ortho intramolecular Hbond substituents is 3. The maximum absolute atomic E-state index is 12.7. The normalized spacial score (nSPS) is 25.9. The number of rotatable bonds is 2. The number of ketones is 1. The lowest BCUT2D eigenvalue weighted by Crippen LogP contribution is -2.56. The molecule has 1 aliphatic heterocycles. The average Bonchev–Trinajstić information content (AvgIpc) is 2.58. The number of phenols is 3. The highest BCUT2D eigenvalue weighted by Crippen LogP contribution is 2.53. The largest absolute Gasteiger partial charge is 0.504 e. The van der Waals surface area contributed by atoms with Crippen LogP contribution in [-0.4, -0.2) is 38.4 Å². The van der Waals surface area contributed by atoms with Crippen molar-refractivity contribution in [2.24, 2.45) is 0 Å². The number of hydrogen-bond acceptors (Lipinski definition) is 8. The van der Waals surface area contributed by atoms with Crippen molar-refractivity contribution in [3.8, 4) is 23.0 Å². The summed E-state index contributed by atoms with van der Waals surface area (Å²) in [5.41, 5.74) is -0.617. The van der Waals surface area contributed by atoms with Crippen LogP contribution in [-0.2, 0) is 21.1 Å². The predicted molar refractivity (Wildman–Crippen MR) is 78.3 cm³/mol. The summed E-state index contributed by atoms with van der Waals surface area (Å²) in [6.45, 7) is 0. The van der Waals surface area contributed by atoms with Gasteiger partial charge in [-0.2, -0.15) is 0 Å². The minimum absolute atomic E-state index is 0.00294. The molecule has 0 saturated carbocycles. The molecule has 126 valence electrons. The van der Waals surface area contributed by atoms with E-state index < -0.39 is 45.9 Å². The van der Waals surface area contributed by atoms with Gasteiger partial charge in [-0.25, -0.2) is 0 Å². The average molecular weight is 334 g/mol. The fourth-order valence-corrected chi connectivity index (χ4v) is 2.63. The topological polar surface area (TPSA) is 137 Å². The molecule has 8 nitrogen and oxygen atoms in total. The number of aromatic hydroxyl groups is 3. The minimum Gasteiger partial charge on any atom is -0.504 e. The second kappa shape index (κ2) is 5.10. The Kier molecular flexibility index (Phi) is 3.41. The lowest BCUT2D eigenvalue weighted by atomic mass is 9.87. The Morgan fingerprint density at radius 3 is 2.25 bits per heavy atom. The summed E-state index contributed by atoms with van der Waals surface area (Å²) >= 11 is 0. The van der Waals surface area contributed by atoms with Gasteiger partial charge in [0.05, 0.1) is 0 Å². The molecular formula is C16H14O8. The van der Waals surface area contributed by atoms with E-state index in [4.69, 9.17) is 9.47 Å². The van der Waals surface area contributed by atoms with E-state index in [0.717, 1.165) is 13.2 Å². The van der Waals surface area contributed by atoms with Gasteiger partial charge >= 0.3 is 5.79 Å². The molecule has 2 unspecified atom stereocenters. The fraction of sp³-hybridized carbons (Fsp3) is 0.188. The Labute approximate surface area is 135 Å². The van der Waals surface area contributed by atoms with Crippen LogP contribution in [0.2, 0.25) is 0 Å². The maximum Gasteiger partial charge on any atom is 0.301 e. The van der Waals surface area contributed by atoms with E-state index in [0.29, 0.717) is 0 Å². The van der Waals surface area contributed by atoms with Crippen molar-refractivity contribution in [1.29, 1.82) is 0 Å². The maximum atomic E-state index is 12.7. The first-order valence-electron chi connectivity index (χ1n) is 6.83. The molecule has 1 aliphatic rings. The van der Waals surface area contributed by atoms with Crippen LogP contribution in [0.15, 0.2) is 36.4 Å². The Morgan fingerprint density at radius 2 is 1.67 bits per heavy atom. The number of benzene rings is 2. The van der Waals surface area contributed by atoms with Crippen LogP contribution in [0, 0.1) is 0 Å². The number of Topliss-reactive ketones (excluding diaryl/α,β-unsaturated/α-hetero) is 1. The smallest absolute Gasteiger partial charge is 0.301 e. The van der Waals surface area contributed by atoms with E-state index in [9.17, 15) is 30.3 Å². The van der Waals surface area contributed by atoms with Crippen LogP contribution in [0.25, 0.3) is 0 Å². The van der Waals surface area contributed by atoms with Gasteiger partial charge in [-0.15, -0.1) is 0 Å². The van der Waals surface area contributed by atoms with Gasteiger partial charge in [-0.05, 0) is 0 Å². The molecule has 1 heterocycles. The lowest BCUT2D eigenvalue weighted by Gasteiger charge is -2.40. The van der Waals surface area contributed by atoms with Crippen LogP contribution < -0.4 is 4.74 Å². The molecule has 24 heavy (non-hydrogen) atoms. The monoisotopic (exact) mass is 334 g/mol.